The molecule has 8 heteroatoms. The fourth-order valence-electron chi connectivity index (χ4n) is 4.79. The largest absolute Gasteiger partial charge is 0.497 e. The van der Waals surface area contributed by atoms with Crippen molar-refractivity contribution in [3.63, 3.8) is 0 Å². The second-order valence-electron chi connectivity index (χ2n) is 8.90. The second-order valence-corrected chi connectivity index (χ2v) is 9.74. The average molecular weight is 499 g/mol. The van der Waals surface area contributed by atoms with E-state index in [-0.39, 0.29) is 0 Å². The van der Waals surface area contributed by atoms with Crippen molar-refractivity contribution in [2.75, 3.05) is 26.7 Å². The molecule has 34 heavy (non-hydrogen) atoms. The number of aromatic amines is 1. The zero-order valence-electron chi connectivity index (χ0n) is 19.0. The van der Waals surface area contributed by atoms with Crippen LogP contribution in [0.4, 0.5) is 0 Å². The third kappa shape index (κ3) is 5.02. The molecule has 0 unspecified atom stereocenters. The van der Waals surface area contributed by atoms with Crippen LogP contribution >= 0.6 is 23.2 Å². The van der Waals surface area contributed by atoms with Gasteiger partial charge in [-0.25, -0.2) is 0 Å². The normalized spacial score (nSPS) is 16.4. The maximum absolute atomic E-state index is 11.0. The number of piperidine rings is 1. The number of halogens is 2. The van der Waals surface area contributed by atoms with Crippen LogP contribution in [0.15, 0.2) is 48.7 Å². The molecule has 0 bridgehead atoms. The Morgan fingerprint density at radius 3 is 2.76 bits per heavy atom. The highest BCUT2D eigenvalue weighted by molar-refractivity contribution is 6.38. The van der Waals surface area contributed by atoms with E-state index in [0.717, 1.165) is 71.3 Å². The maximum Gasteiger partial charge on any atom is 0.119 e. The molecule has 0 amide bonds. The van der Waals surface area contributed by atoms with E-state index in [4.69, 9.17) is 27.9 Å². The molecule has 1 fully saturated rings. The molecular weight excluding hydrogens is 471 g/mol. The fraction of sp³-hybridized carbons (Fsp3) is 0.346. The lowest BCUT2D eigenvalue weighted by Crippen LogP contribution is -2.43. The molecule has 0 spiro atoms. The number of ether oxygens (including phenoxy) is 1. The number of aromatic nitrogens is 2. The summed E-state index contributed by atoms with van der Waals surface area (Å²) >= 11 is 12.4. The fourth-order valence-corrected chi connectivity index (χ4v) is 5.34. The minimum Gasteiger partial charge on any atom is -0.497 e. The number of likely N-dealkylation sites (tertiary alicyclic amines) is 1. The molecule has 0 aliphatic carbocycles. The third-order valence-electron chi connectivity index (χ3n) is 6.65. The van der Waals surface area contributed by atoms with Crippen LogP contribution in [0.1, 0.15) is 30.2 Å². The van der Waals surface area contributed by atoms with Gasteiger partial charge in [-0.3, -0.25) is 4.98 Å². The Hall–Kier alpha value is -2.35. The number of nitrogens with one attached hydrogen (secondary N) is 2. The van der Waals surface area contributed by atoms with Gasteiger partial charge in [-0.2, -0.15) is 0 Å². The molecule has 3 N–H and O–H groups in total. The lowest BCUT2D eigenvalue weighted by molar-refractivity contribution is 0.0948. The maximum atomic E-state index is 11.0. The Morgan fingerprint density at radius 1 is 1.15 bits per heavy atom. The van der Waals surface area contributed by atoms with Gasteiger partial charge in [-0.1, -0.05) is 23.2 Å². The molecule has 1 aliphatic heterocycles. The van der Waals surface area contributed by atoms with Gasteiger partial charge in [0.1, 0.15) is 5.75 Å². The molecule has 0 saturated carbocycles. The smallest absolute Gasteiger partial charge is 0.119 e. The number of methoxy groups -OCH3 is 1. The van der Waals surface area contributed by atoms with E-state index >= 15 is 0 Å². The number of hydrogen-bond donors (Lipinski definition) is 3. The summed E-state index contributed by atoms with van der Waals surface area (Å²) in [6, 6.07) is 13.9. The number of benzene rings is 2. The van der Waals surface area contributed by atoms with Crippen molar-refractivity contribution >= 4 is 45.0 Å². The lowest BCUT2D eigenvalue weighted by atomic mass is 10.0. The SMILES string of the molecule is COc1ccc2nccc([C@@H](O)CN3CCC(NCc4cc5c(Cl)cc(Cl)cc5[nH]4)CC3)c2c1. The number of nitrogens with zero attached hydrogens (tertiary/aromatic N) is 2. The van der Waals surface area contributed by atoms with Gasteiger partial charge >= 0.3 is 0 Å². The van der Waals surface area contributed by atoms with E-state index in [2.05, 4.69) is 26.3 Å². The molecule has 1 saturated heterocycles. The Bertz CT molecular complexity index is 1300. The van der Waals surface area contributed by atoms with Gasteiger partial charge in [-0.15, -0.1) is 0 Å². The second kappa shape index (κ2) is 10.1. The van der Waals surface area contributed by atoms with Crippen LogP contribution < -0.4 is 10.1 Å². The number of pyridine rings is 1. The van der Waals surface area contributed by atoms with E-state index in [9.17, 15) is 5.11 Å². The van der Waals surface area contributed by atoms with E-state index < -0.39 is 6.10 Å². The van der Waals surface area contributed by atoms with Crippen LogP contribution in [-0.2, 0) is 6.54 Å². The number of hydrogen-bond acceptors (Lipinski definition) is 5. The van der Waals surface area contributed by atoms with Crippen molar-refractivity contribution in [1.29, 1.82) is 0 Å². The zero-order chi connectivity index (χ0) is 23.7. The summed E-state index contributed by atoms with van der Waals surface area (Å²) in [7, 11) is 1.65. The summed E-state index contributed by atoms with van der Waals surface area (Å²) in [6.45, 7) is 3.23. The predicted molar refractivity (Wildman–Crippen MR) is 138 cm³/mol. The Morgan fingerprint density at radius 2 is 1.97 bits per heavy atom. The summed E-state index contributed by atoms with van der Waals surface area (Å²) in [5, 5.41) is 17.9. The van der Waals surface area contributed by atoms with Crippen LogP contribution in [-0.4, -0.2) is 52.8 Å². The van der Waals surface area contributed by atoms with Crippen LogP contribution in [0.2, 0.25) is 10.0 Å². The topological polar surface area (TPSA) is 73.4 Å². The van der Waals surface area contributed by atoms with Crippen LogP contribution in [0.5, 0.6) is 5.75 Å². The van der Waals surface area contributed by atoms with Crippen molar-refractivity contribution in [1.82, 2.24) is 20.2 Å². The standard InChI is InChI=1S/C26H28Cl2N4O2/c1-34-19-2-3-24-21(13-19)20(4-7-29-24)26(33)15-32-8-5-17(6-9-32)30-14-18-12-22-23(28)10-16(27)11-25(22)31-18/h2-4,7,10-13,17,26,30-31,33H,5-6,8-9,14-15H2,1H3/t26-/m0/s1. The molecule has 6 nitrogen and oxygen atoms in total. The minimum atomic E-state index is -0.579. The first kappa shape index (κ1) is 23.4. The highest BCUT2D eigenvalue weighted by Crippen LogP contribution is 2.29. The number of fused-ring (bicyclic) bond motifs is 2. The van der Waals surface area contributed by atoms with Gasteiger partial charge < -0.3 is 25.0 Å². The Balaban J connectivity index is 1.16. The molecule has 3 heterocycles. The summed E-state index contributed by atoms with van der Waals surface area (Å²) in [4.78, 5) is 10.2. The van der Waals surface area contributed by atoms with Gasteiger partial charge in [0, 0.05) is 52.3 Å². The summed E-state index contributed by atoms with van der Waals surface area (Å²) in [5.74, 6) is 0.765. The first-order valence-electron chi connectivity index (χ1n) is 11.5. The van der Waals surface area contributed by atoms with Crippen LogP contribution in [0, 0.1) is 0 Å². The number of rotatable bonds is 7. The van der Waals surface area contributed by atoms with Crippen molar-refractivity contribution in [3.05, 3.63) is 70.0 Å². The minimum absolute atomic E-state index is 0.435. The molecule has 178 valence electrons. The van der Waals surface area contributed by atoms with Crippen LogP contribution in [0.3, 0.4) is 0 Å². The zero-order valence-corrected chi connectivity index (χ0v) is 20.5. The van der Waals surface area contributed by atoms with E-state index in [1.54, 1.807) is 19.4 Å². The molecule has 0 radical (unpaired) electrons. The molecule has 1 aliphatic rings. The molecule has 5 rings (SSSR count). The summed E-state index contributed by atoms with van der Waals surface area (Å²) in [5.41, 5.74) is 3.80. The molecule has 2 aromatic heterocycles. The predicted octanol–water partition coefficient (Wildman–Crippen LogP) is 5.32. The van der Waals surface area contributed by atoms with Crippen LogP contribution in [0.25, 0.3) is 21.8 Å². The molecular formula is C26H28Cl2N4O2. The number of aliphatic hydroxyl groups excluding tert-OH is 1. The van der Waals surface area contributed by atoms with Crippen molar-refractivity contribution in [2.45, 2.75) is 31.5 Å². The van der Waals surface area contributed by atoms with Gasteiger partial charge in [0.15, 0.2) is 0 Å². The average Bonchev–Trinajstić information content (AvgIpc) is 3.26. The van der Waals surface area contributed by atoms with Crippen molar-refractivity contribution in [2.24, 2.45) is 0 Å². The molecule has 4 aromatic rings. The number of H-pyrrole nitrogens is 1. The van der Waals surface area contributed by atoms with Gasteiger partial charge in [0.05, 0.1) is 23.8 Å². The van der Waals surface area contributed by atoms with Gasteiger partial charge in [0.2, 0.25) is 0 Å². The summed E-state index contributed by atoms with van der Waals surface area (Å²) < 4.78 is 5.36. The van der Waals surface area contributed by atoms with E-state index in [1.165, 1.54) is 0 Å². The molecule has 1 atom stereocenters. The van der Waals surface area contributed by atoms with Crippen molar-refractivity contribution < 1.29 is 9.84 Å². The molecule has 2 aromatic carbocycles. The third-order valence-corrected chi connectivity index (χ3v) is 7.18. The highest BCUT2D eigenvalue weighted by Gasteiger charge is 2.22. The Labute approximate surface area is 208 Å². The lowest BCUT2D eigenvalue weighted by Gasteiger charge is -2.33. The van der Waals surface area contributed by atoms with Gasteiger partial charge in [0.25, 0.3) is 0 Å². The van der Waals surface area contributed by atoms with Gasteiger partial charge in [-0.05, 0) is 74.0 Å². The first-order valence-corrected chi connectivity index (χ1v) is 12.3. The Kier molecular flexibility index (Phi) is 6.95. The number of aliphatic hydroxyl groups is 1. The monoisotopic (exact) mass is 498 g/mol. The quantitative estimate of drug-likeness (QED) is 0.321. The van der Waals surface area contributed by atoms with Crippen molar-refractivity contribution in [3.8, 4) is 5.75 Å². The van der Waals surface area contributed by atoms with E-state index in [0.29, 0.717) is 22.6 Å². The van der Waals surface area contributed by atoms with E-state index in [1.807, 2.05) is 30.3 Å². The number of β-amino-alcohol motifs (C(OH)–C–C–N with tert-alkyl or cyclic N) is 1. The first-order chi connectivity index (χ1) is 16.5. The highest BCUT2D eigenvalue weighted by atomic mass is 35.5. The summed E-state index contributed by atoms with van der Waals surface area (Å²) in [6.07, 6.45) is 3.24.